The van der Waals surface area contributed by atoms with E-state index in [2.05, 4.69) is 0 Å². The average Bonchev–Trinajstić information content (AvgIpc) is 2.83. The van der Waals surface area contributed by atoms with Gasteiger partial charge < -0.3 is 14.9 Å². The molecular formula is C11H20N2O3S2. The first-order valence-corrected chi connectivity index (χ1v) is 8.36. The van der Waals surface area contributed by atoms with E-state index in [0.717, 1.165) is 12.2 Å². The highest BCUT2D eigenvalue weighted by atomic mass is 32.2. The molecule has 1 N–H and O–H groups in total. The third-order valence-corrected chi connectivity index (χ3v) is 4.77. The van der Waals surface area contributed by atoms with E-state index in [4.69, 9.17) is 5.11 Å². The van der Waals surface area contributed by atoms with E-state index in [9.17, 15) is 9.59 Å². The molecule has 0 aromatic heterocycles. The first kappa shape index (κ1) is 15.5. The van der Waals surface area contributed by atoms with Gasteiger partial charge in [0.1, 0.15) is 6.04 Å². The van der Waals surface area contributed by atoms with Gasteiger partial charge in [-0.2, -0.15) is 11.8 Å². The molecule has 2 amide bonds. The second-order valence-electron chi connectivity index (χ2n) is 4.35. The van der Waals surface area contributed by atoms with E-state index in [1.807, 2.05) is 13.2 Å². The Morgan fingerprint density at radius 1 is 1.61 bits per heavy atom. The van der Waals surface area contributed by atoms with Gasteiger partial charge in [0.15, 0.2) is 0 Å². The van der Waals surface area contributed by atoms with Gasteiger partial charge in [0.05, 0.1) is 5.88 Å². The SMILES string of the molecule is CSCCC(C)N(C)C(=O)N1CSC[C@H]1C(=O)O. The van der Waals surface area contributed by atoms with Crippen molar-refractivity contribution in [3.63, 3.8) is 0 Å². The number of carboxylic acids is 1. The number of hydrogen-bond acceptors (Lipinski definition) is 4. The number of amides is 2. The van der Waals surface area contributed by atoms with Crippen molar-refractivity contribution in [1.29, 1.82) is 0 Å². The fraction of sp³-hybridized carbons (Fsp3) is 0.818. The molecule has 1 aliphatic heterocycles. The molecule has 0 aromatic carbocycles. The minimum absolute atomic E-state index is 0.130. The molecular weight excluding hydrogens is 272 g/mol. The molecule has 0 bridgehead atoms. The molecule has 5 nitrogen and oxygen atoms in total. The summed E-state index contributed by atoms with van der Waals surface area (Å²) in [4.78, 5) is 26.4. The van der Waals surface area contributed by atoms with Crippen LogP contribution < -0.4 is 0 Å². The Balaban J connectivity index is 2.59. The molecule has 0 aliphatic carbocycles. The van der Waals surface area contributed by atoms with E-state index in [1.165, 1.54) is 16.7 Å². The van der Waals surface area contributed by atoms with Crippen LogP contribution in [0.3, 0.4) is 0 Å². The van der Waals surface area contributed by atoms with Crippen molar-refractivity contribution in [2.24, 2.45) is 0 Å². The molecule has 1 heterocycles. The van der Waals surface area contributed by atoms with E-state index in [1.54, 1.807) is 23.7 Å². The zero-order valence-electron chi connectivity index (χ0n) is 11.0. The zero-order chi connectivity index (χ0) is 13.7. The lowest BCUT2D eigenvalue weighted by atomic mass is 10.2. The summed E-state index contributed by atoms with van der Waals surface area (Å²) in [6, 6.07) is -0.733. The van der Waals surface area contributed by atoms with Gasteiger partial charge in [0.2, 0.25) is 0 Å². The standard InChI is InChI=1S/C11H20N2O3S2/c1-8(4-5-17-3)12(2)11(16)13-7-18-6-9(13)10(14)15/h8-9H,4-7H2,1-3H3,(H,14,15)/t8?,9-/m0/s1. The number of hydrogen-bond donors (Lipinski definition) is 1. The van der Waals surface area contributed by atoms with Crippen LogP contribution in [0.2, 0.25) is 0 Å². The highest BCUT2D eigenvalue weighted by molar-refractivity contribution is 7.99. The molecule has 7 heteroatoms. The Bertz CT molecular complexity index is 315. The molecule has 0 spiro atoms. The van der Waals surface area contributed by atoms with Crippen LogP contribution in [0.25, 0.3) is 0 Å². The summed E-state index contributed by atoms with van der Waals surface area (Å²) < 4.78 is 0. The largest absolute Gasteiger partial charge is 0.480 e. The summed E-state index contributed by atoms with van der Waals surface area (Å²) in [5.41, 5.74) is 0. The normalized spacial score (nSPS) is 20.8. The van der Waals surface area contributed by atoms with Crippen molar-refractivity contribution in [2.75, 3.05) is 30.7 Å². The third kappa shape index (κ3) is 3.71. The van der Waals surface area contributed by atoms with Crippen molar-refractivity contribution < 1.29 is 14.7 Å². The third-order valence-electron chi connectivity index (χ3n) is 3.12. The Morgan fingerprint density at radius 2 is 2.28 bits per heavy atom. The Hall–Kier alpha value is -0.560. The van der Waals surface area contributed by atoms with Crippen molar-refractivity contribution in [3.05, 3.63) is 0 Å². The van der Waals surface area contributed by atoms with Crippen LogP contribution >= 0.6 is 23.5 Å². The molecule has 1 saturated heterocycles. The minimum atomic E-state index is -0.918. The van der Waals surface area contributed by atoms with Gasteiger partial charge in [-0.25, -0.2) is 9.59 Å². The van der Waals surface area contributed by atoms with Crippen molar-refractivity contribution >= 4 is 35.5 Å². The second kappa shape index (κ2) is 7.13. The van der Waals surface area contributed by atoms with Gasteiger partial charge in [-0.05, 0) is 25.4 Å². The maximum atomic E-state index is 12.2. The summed E-state index contributed by atoms with van der Waals surface area (Å²) >= 11 is 3.23. The van der Waals surface area contributed by atoms with E-state index in [-0.39, 0.29) is 12.1 Å². The van der Waals surface area contributed by atoms with E-state index < -0.39 is 12.0 Å². The maximum absolute atomic E-state index is 12.2. The molecule has 104 valence electrons. The smallest absolute Gasteiger partial charge is 0.327 e. The Labute approximate surface area is 116 Å². The number of nitrogens with zero attached hydrogens (tertiary/aromatic N) is 2. The highest BCUT2D eigenvalue weighted by Gasteiger charge is 2.36. The molecule has 0 aromatic rings. The zero-order valence-corrected chi connectivity index (χ0v) is 12.6. The van der Waals surface area contributed by atoms with Crippen molar-refractivity contribution in [1.82, 2.24) is 9.80 Å². The summed E-state index contributed by atoms with van der Waals surface area (Å²) in [6.45, 7) is 1.99. The van der Waals surface area contributed by atoms with Gasteiger partial charge in [0.25, 0.3) is 0 Å². The molecule has 0 saturated carbocycles. The average molecular weight is 292 g/mol. The summed E-state index contributed by atoms with van der Waals surface area (Å²) in [5, 5.41) is 9.07. The first-order chi connectivity index (χ1) is 8.49. The lowest BCUT2D eigenvalue weighted by molar-refractivity contribution is -0.140. The lowest BCUT2D eigenvalue weighted by Gasteiger charge is -2.31. The number of thioether (sulfide) groups is 2. The number of carboxylic acid groups (broad SMARTS) is 1. The number of carbonyl (C=O) groups excluding carboxylic acids is 1. The van der Waals surface area contributed by atoms with Gasteiger partial charge in [-0.1, -0.05) is 0 Å². The molecule has 1 aliphatic rings. The number of carbonyl (C=O) groups is 2. The van der Waals surface area contributed by atoms with Crippen molar-refractivity contribution in [2.45, 2.75) is 25.4 Å². The van der Waals surface area contributed by atoms with Crippen LogP contribution in [-0.2, 0) is 4.79 Å². The van der Waals surface area contributed by atoms with Gasteiger partial charge in [-0.3, -0.25) is 0 Å². The Morgan fingerprint density at radius 3 is 2.83 bits per heavy atom. The molecule has 18 heavy (non-hydrogen) atoms. The fourth-order valence-electron chi connectivity index (χ4n) is 1.71. The van der Waals surface area contributed by atoms with Crippen LogP contribution in [0, 0.1) is 0 Å². The van der Waals surface area contributed by atoms with E-state index in [0.29, 0.717) is 11.6 Å². The molecule has 1 unspecified atom stereocenters. The van der Waals surface area contributed by atoms with Crippen molar-refractivity contribution in [3.8, 4) is 0 Å². The first-order valence-electron chi connectivity index (χ1n) is 5.82. The van der Waals surface area contributed by atoms with Gasteiger partial charge >= 0.3 is 12.0 Å². The Kier molecular flexibility index (Phi) is 6.14. The van der Waals surface area contributed by atoms with Crippen LogP contribution in [0.5, 0.6) is 0 Å². The van der Waals surface area contributed by atoms with Crippen LogP contribution in [0.4, 0.5) is 4.79 Å². The lowest BCUT2D eigenvalue weighted by Crippen LogP contribution is -2.50. The predicted molar refractivity (Wildman–Crippen MR) is 76.2 cm³/mol. The topological polar surface area (TPSA) is 60.9 Å². The maximum Gasteiger partial charge on any atom is 0.327 e. The van der Waals surface area contributed by atoms with Gasteiger partial charge in [-0.15, -0.1) is 11.8 Å². The number of urea groups is 1. The second-order valence-corrected chi connectivity index (χ2v) is 6.33. The van der Waals surface area contributed by atoms with E-state index >= 15 is 0 Å². The highest BCUT2D eigenvalue weighted by Crippen LogP contribution is 2.23. The molecule has 2 atom stereocenters. The summed E-state index contributed by atoms with van der Waals surface area (Å²) in [6.07, 6.45) is 2.95. The monoisotopic (exact) mass is 292 g/mol. The van der Waals surface area contributed by atoms with Gasteiger partial charge in [0, 0.05) is 18.8 Å². The summed E-state index contributed by atoms with van der Waals surface area (Å²) in [7, 11) is 1.75. The van der Waals surface area contributed by atoms with Crippen LogP contribution in [0.1, 0.15) is 13.3 Å². The quantitative estimate of drug-likeness (QED) is 0.834. The summed E-state index contributed by atoms with van der Waals surface area (Å²) in [5.74, 6) is 1.03. The molecule has 1 fully saturated rings. The molecule has 0 radical (unpaired) electrons. The molecule has 1 rings (SSSR count). The minimum Gasteiger partial charge on any atom is -0.480 e. The fourth-order valence-corrected chi connectivity index (χ4v) is 3.42. The van der Waals surface area contributed by atoms with Crippen LogP contribution in [-0.4, -0.2) is 69.7 Å². The number of rotatable bonds is 5. The van der Waals surface area contributed by atoms with Crippen LogP contribution in [0.15, 0.2) is 0 Å². The predicted octanol–water partition coefficient (Wildman–Crippen LogP) is 1.64. The number of aliphatic carboxylic acids is 1.